The Morgan fingerprint density at radius 3 is 2.33 bits per heavy atom. The molecule has 3 rings (SSSR count). The van der Waals surface area contributed by atoms with E-state index < -0.39 is 0 Å². The summed E-state index contributed by atoms with van der Waals surface area (Å²) in [5, 5.41) is 0. The molecule has 18 heavy (non-hydrogen) atoms. The Hall–Kier alpha value is -2.29. The fraction of sp³-hybridized carbons (Fsp3) is 0.0667. The number of fused-ring (bicyclic) bond motifs is 1. The highest BCUT2D eigenvalue weighted by Gasteiger charge is 2.07. The third-order valence-electron chi connectivity index (χ3n) is 2.84. The molecule has 0 unspecified atom stereocenters. The van der Waals surface area contributed by atoms with E-state index in [2.05, 4.69) is 9.97 Å². The molecule has 0 spiro atoms. The van der Waals surface area contributed by atoms with Gasteiger partial charge in [-0.25, -0.2) is 14.4 Å². The van der Waals surface area contributed by atoms with Gasteiger partial charge in [0.1, 0.15) is 5.82 Å². The smallest absolute Gasteiger partial charge is 0.123 e. The van der Waals surface area contributed by atoms with Crippen LogP contribution in [0, 0.1) is 12.7 Å². The molecule has 3 heteroatoms. The molecule has 88 valence electrons. The molecule has 0 amide bonds. The van der Waals surface area contributed by atoms with Gasteiger partial charge in [-0.1, -0.05) is 24.3 Å². The molecule has 0 atom stereocenters. The minimum Gasteiger partial charge on any atom is -0.249 e. The van der Waals surface area contributed by atoms with Crippen LogP contribution in [0.1, 0.15) is 5.69 Å². The molecule has 0 saturated carbocycles. The van der Waals surface area contributed by atoms with Crippen LogP contribution in [-0.2, 0) is 0 Å². The second-order valence-electron chi connectivity index (χ2n) is 4.16. The lowest BCUT2D eigenvalue weighted by Crippen LogP contribution is -1.94. The molecule has 0 aliphatic carbocycles. The largest absolute Gasteiger partial charge is 0.249 e. The third kappa shape index (κ3) is 1.84. The minimum absolute atomic E-state index is 0.262. The van der Waals surface area contributed by atoms with E-state index in [0.29, 0.717) is 0 Å². The first-order chi connectivity index (χ1) is 8.74. The van der Waals surface area contributed by atoms with Crippen molar-refractivity contribution in [2.24, 2.45) is 0 Å². The summed E-state index contributed by atoms with van der Waals surface area (Å²) in [4.78, 5) is 9.05. The van der Waals surface area contributed by atoms with E-state index in [4.69, 9.17) is 0 Å². The topological polar surface area (TPSA) is 25.8 Å². The van der Waals surface area contributed by atoms with Crippen molar-refractivity contribution in [1.82, 2.24) is 9.97 Å². The normalized spacial score (nSPS) is 10.8. The van der Waals surface area contributed by atoms with Crippen LogP contribution in [0.2, 0.25) is 0 Å². The average Bonchev–Trinajstić information content (AvgIpc) is 2.38. The van der Waals surface area contributed by atoms with Crippen LogP contribution in [0.25, 0.3) is 22.3 Å². The van der Waals surface area contributed by atoms with E-state index in [-0.39, 0.29) is 5.82 Å². The van der Waals surface area contributed by atoms with Crippen molar-refractivity contribution in [3.63, 3.8) is 0 Å². The number of hydrogen-bond acceptors (Lipinski definition) is 2. The Labute approximate surface area is 104 Å². The summed E-state index contributed by atoms with van der Waals surface area (Å²) in [7, 11) is 0. The standard InChI is InChI=1S/C15H11FN2/c1-10-15(11-5-4-6-12(16)9-11)18-14-8-3-2-7-13(14)17-10/h2-9H,1H3. The van der Waals surface area contributed by atoms with Crippen LogP contribution < -0.4 is 0 Å². The second kappa shape index (κ2) is 4.18. The van der Waals surface area contributed by atoms with E-state index in [1.54, 1.807) is 6.07 Å². The van der Waals surface area contributed by atoms with Crippen molar-refractivity contribution in [1.29, 1.82) is 0 Å². The molecule has 0 radical (unpaired) electrons. The summed E-state index contributed by atoms with van der Waals surface area (Å²) >= 11 is 0. The zero-order chi connectivity index (χ0) is 12.5. The van der Waals surface area contributed by atoms with Gasteiger partial charge in [-0.2, -0.15) is 0 Å². The van der Waals surface area contributed by atoms with Gasteiger partial charge in [-0.3, -0.25) is 0 Å². The second-order valence-corrected chi connectivity index (χ2v) is 4.16. The molecule has 1 aromatic heterocycles. The minimum atomic E-state index is -0.262. The average molecular weight is 238 g/mol. The zero-order valence-electron chi connectivity index (χ0n) is 9.89. The van der Waals surface area contributed by atoms with Gasteiger partial charge in [0.2, 0.25) is 0 Å². The zero-order valence-corrected chi connectivity index (χ0v) is 9.89. The number of rotatable bonds is 1. The highest BCUT2D eigenvalue weighted by molar-refractivity contribution is 5.78. The lowest BCUT2D eigenvalue weighted by Gasteiger charge is -2.06. The maximum absolute atomic E-state index is 13.3. The van der Waals surface area contributed by atoms with Gasteiger partial charge < -0.3 is 0 Å². The lowest BCUT2D eigenvalue weighted by atomic mass is 10.1. The number of aryl methyl sites for hydroxylation is 1. The summed E-state index contributed by atoms with van der Waals surface area (Å²) < 4.78 is 13.3. The fourth-order valence-corrected chi connectivity index (χ4v) is 2.00. The number of halogens is 1. The predicted octanol–water partition coefficient (Wildman–Crippen LogP) is 3.74. The van der Waals surface area contributed by atoms with Crippen LogP contribution in [-0.4, -0.2) is 9.97 Å². The molecule has 0 fully saturated rings. The number of aromatic nitrogens is 2. The maximum atomic E-state index is 13.3. The van der Waals surface area contributed by atoms with Gasteiger partial charge in [0.05, 0.1) is 22.4 Å². The molecule has 0 saturated heterocycles. The molecule has 3 aromatic rings. The summed E-state index contributed by atoms with van der Waals surface area (Å²) in [6, 6.07) is 14.1. The van der Waals surface area contributed by atoms with Gasteiger partial charge >= 0.3 is 0 Å². The van der Waals surface area contributed by atoms with Crippen LogP contribution in [0.3, 0.4) is 0 Å². The molecule has 0 aliphatic rings. The van der Waals surface area contributed by atoms with Crippen molar-refractivity contribution in [2.75, 3.05) is 0 Å². The Morgan fingerprint density at radius 1 is 0.889 bits per heavy atom. The van der Waals surface area contributed by atoms with Gasteiger partial charge in [0, 0.05) is 5.56 Å². The van der Waals surface area contributed by atoms with E-state index in [0.717, 1.165) is 28.0 Å². The van der Waals surface area contributed by atoms with Gasteiger partial charge in [0.25, 0.3) is 0 Å². The number of hydrogen-bond donors (Lipinski definition) is 0. The highest BCUT2D eigenvalue weighted by Crippen LogP contribution is 2.23. The summed E-state index contributed by atoms with van der Waals surface area (Å²) in [5.74, 6) is -0.262. The predicted molar refractivity (Wildman–Crippen MR) is 69.7 cm³/mol. The van der Waals surface area contributed by atoms with Gasteiger partial charge in [-0.05, 0) is 31.2 Å². The van der Waals surface area contributed by atoms with E-state index in [9.17, 15) is 4.39 Å². The van der Waals surface area contributed by atoms with Crippen LogP contribution >= 0.6 is 0 Å². The molecule has 0 aliphatic heterocycles. The van der Waals surface area contributed by atoms with Gasteiger partial charge in [-0.15, -0.1) is 0 Å². The monoisotopic (exact) mass is 238 g/mol. The molecule has 1 heterocycles. The van der Waals surface area contributed by atoms with Crippen LogP contribution in [0.4, 0.5) is 4.39 Å². The third-order valence-corrected chi connectivity index (χ3v) is 2.84. The van der Waals surface area contributed by atoms with Crippen molar-refractivity contribution >= 4 is 11.0 Å². The first-order valence-electron chi connectivity index (χ1n) is 5.73. The van der Waals surface area contributed by atoms with Crippen molar-refractivity contribution in [3.05, 3.63) is 60.0 Å². The fourth-order valence-electron chi connectivity index (χ4n) is 2.00. The molecular weight excluding hydrogens is 227 g/mol. The van der Waals surface area contributed by atoms with E-state index in [1.807, 2.05) is 37.3 Å². The van der Waals surface area contributed by atoms with Crippen molar-refractivity contribution in [3.8, 4) is 11.3 Å². The molecule has 2 nitrogen and oxygen atoms in total. The number of para-hydroxylation sites is 2. The van der Waals surface area contributed by atoms with Crippen LogP contribution in [0.5, 0.6) is 0 Å². The number of nitrogens with zero attached hydrogens (tertiary/aromatic N) is 2. The summed E-state index contributed by atoms with van der Waals surface area (Å²) in [6.45, 7) is 1.89. The Kier molecular flexibility index (Phi) is 2.52. The van der Waals surface area contributed by atoms with E-state index in [1.165, 1.54) is 12.1 Å². The number of benzene rings is 2. The quantitative estimate of drug-likeness (QED) is 0.645. The first-order valence-corrected chi connectivity index (χ1v) is 5.73. The highest BCUT2D eigenvalue weighted by atomic mass is 19.1. The Morgan fingerprint density at radius 2 is 1.61 bits per heavy atom. The first kappa shape index (κ1) is 10.8. The Bertz CT molecular complexity index is 723. The van der Waals surface area contributed by atoms with Crippen molar-refractivity contribution in [2.45, 2.75) is 6.92 Å². The summed E-state index contributed by atoms with van der Waals surface area (Å²) in [5.41, 5.74) is 3.97. The SMILES string of the molecule is Cc1nc2ccccc2nc1-c1cccc(F)c1. The molecular formula is C15H11FN2. The van der Waals surface area contributed by atoms with E-state index >= 15 is 0 Å². The Balaban J connectivity index is 2.26. The lowest BCUT2D eigenvalue weighted by molar-refractivity contribution is 0.628. The van der Waals surface area contributed by atoms with Crippen LogP contribution in [0.15, 0.2) is 48.5 Å². The van der Waals surface area contributed by atoms with Gasteiger partial charge in [0.15, 0.2) is 0 Å². The summed E-state index contributed by atoms with van der Waals surface area (Å²) in [6.07, 6.45) is 0. The molecule has 2 aromatic carbocycles. The van der Waals surface area contributed by atoms with Crippen molar-refractivity contribution < 1.29 is 4.39 Å². The molecule has 0 N–H and O–H groups in total. The molecule has 0 bridgehead atoms. The maximum Gasteiger partial charge on any atom is 0.123 e.